The van der Waals surface area contributed by atoms with Crippen molar-refractivity contribution in [2.45, 2.75) is 32.4 Å². The lowest BCUT2D eigenvalue weighted by molar-refractivity contribution is 0.0687. The lowest BCUT2D eigenvalue weighted by Gasteiger charge is -2.30. The fraction of sp³-hybridized carbons (Fsp3) is 0.400. The number of nitrogens with zero attached hydrogens (tertiary/aromatic N) is 3. The molecule has 2 aromatic rings. The quantitative estimate of drug-likeness (QED) is 0.863. The van der Waals surface area contributed by atoms with Gasteiger partial charge in [-0.2, -0.15) is 0 Å². The predicted octanol–water partition coefficient (Wildman–Crippen LogP) is 3.05. The molecule has 1 aliphatic heterocycles. The summed E-state index contributed by atoms with van der Waals surface area (Å²) in [4.78, 5) is 20.8. The van der Waals surface area contributed by atoms with Gasteiger partial charge in [-0.25, -0.2) is 4.39 Å². The van der Waals surface area contributed by atoms with Gasteiger partial charge in [0.15, 0.2) is 5.82 Å². The molecular formula is C20H24FN3O2. The highest BCUT2D eigenvalue weighted by atomic mass is 19.1. The summed E-state index contributed by atoms with van der Waals surface area (Å²) >= 11 is 0. The van der Waals surface area contributed by atoms with Crippen molar-refractivity contribution in [2.75, 3.05) is 19.6 Å². The van der Waals surface area contributed by atoms with Gasteiger partial charge in [-0.3, -0.25) is 14.7 Å². The monoisotopic (exact) mass is 357 g/mol. The van der Waals surface area contributed by atoms with Crippen LogP contribution in [0.25, 0.3) is 0 Å². The van der Waals surface area contributed by atoms with Crippen LogP contribution in [-0.4, -0.2) is 51.5 Å². The Balaban J connectivity index is 1.84. The minimum atomic E-state index is -0.605. The maximum Gasteiger partial charge on any atom is 0.257 e. The van der Waals surface area contributed by atoms with Crippen LogP contribution >= 0.6 is 0 Å². The normalized spacial score (nSPS) is 17.4. The van der Waals surface area contributed by atoms with E-state index in [9.17, 15) is 14.3 Å². The average Bonchev–Trinajstić information content (AvgIpc) is 3.10. The number of rotatable bonds is 6. The van der Waals surface area contributed by atoms with Crippen LogP contribution in [0.15, 0.2) is 42.7 Å². The molecule has 1 atom stereocenters. The molecule has 0 bridgehead atoms. The Morgan fingerprint density at radius 1 is 1.35 bits per heavy atom. The van der Waals surface area contributed by atoms with Crippen molar-refractivity contribution in [3.8, 4) is 5.75 Å². The van der Waals surface area contributed by atoms with E-state index in [0.717, 1.165) is 37.7 Å². The average molecular weight is 357 g/mol. The Bertz CT molecular complexity index is 751. The Morgan fingerprint density at radius 2 is 2.12 bits per heavy atom. The molecule has 1 aromatic heterocycles. The van der Waals surface area contributed by atoms with Crippen LogP contribution in [0.5, 0.6) is 5.75 Å². The predicted molar refractivity (Wildman–Crippen MR) is 97.3 cm³/mol. The number of hydrogen-bond donors (Lipinski definition) is 1. The van der Waals surface area contributed by atoms with E-state index in [1.807, 2.05) is 0 Å². The topological polar surface area (TPSA) is 56.7 Å². The standard InChI is InChI=1S/C20H24FN3O2/c1-2-23-11-3-4-16(23)14-24(13-15-5-7-17(25)8-6-15)20(26)18-9-10-22-12-19(18)21/h5-10,12,16,25H,2-4,11,13-14H2,1H3. The number of carbonyl (C=O) groups excluding carboxylic acids is 1. The first-order valence-electron chi connectivity index (χ1n) is 8.99. The lowest BCUT2D eigenvalue weighted by atomic mass is 10.1. The molecule has 1 saturated heterocycles. The van der Waals surface area contributed by atoms with Gasteiger partial charge in [-0.1, -0.05) is 19.1 Å². The molecule has 1 fully saturated rings. The molecule has 0 aliphatic carbocycles. The Hall–Kier alpha value is -2.47. The number of pyridine rings is 1. The smallest absolute Gasteiger partial charge is 0.257 e. The van der Waals surface area contributed by atoms with Crippen molar-refractivity contribution >= 4 is 5.91 Å². The van der Waals surface area contributed by atoms with Gasteiger partial charge in [0.1, 0.15) is 5.75 Å². The molecule has 1 amide bonds. The van der Waals surface area contributed by atoms with Crippen LogP contribution in [0.2, 0.25) is 0 Å². The van der Waals surface area contributed by atoms with Crippen molar-refractivity contribution in [3.63, 3.8) is 0 Å². The van der Waals surface area contributed by atoms with E-state index in [2.05, 4.69) is 16.8 Å². The number of aromatic hydroxyl groups is 1. The summed E-state index contributed by atoms with van der Waals surface area (Å²) < 4.78 is 14.1. The summed E-state index contributed by atoms with van der Waals surface area (Å²) in [5.41, 5.74) is 0.937. The molecule has 0 saturated carbocycles. The largest absolute Gasteiger partial charge is 0.508 e. The number of amides is 1. The summed E-state index contributed by atoms with van der Waals surface area (Å²) in [5.74, 6) is -0.757. The lowest BCUT2D eigenvalue weighted by Crippen LogP contribution is -2.43. The van der Waals surface area contributed by atoms with Crippen LogP contribution in [0, 0.1) is 5.82 Å². The third-order valence-electron chi connectivity index (χ3n) is 4.94. The number of likely N-dealkylation sites (tertiary alicyclic amines) is 1. The van der Waals surface area contributed by atoms with Crippen LogP contribution in [0.1, 0.15) is 35.7 Å². The summed E-state index contributed by atoms with van der Waals surface area (Å²) in [5, 5.41) is 9.47. The molecule has 1 aromatic carbocycles. The molecule has 1 N–H and O–H groups in total. The molecule has 138 valence electrons. The zero-order chi connectivity index (χ0) is 18.5. The number of hydrogen-bond acceptors (Lipinski definition) is 4. The molecule has 26 heavy (non-hydrogen) atoms. The Labute approximate surface area is 153 Å². The number of benzene rings is 1. The maximum absolute atomic E-state index is 14.1. The van der Waals surface area contributed by atoms with Crippen LogP contribution in [-0.2, 0) is 6.54 Å². The second kappa shape index (κ2) is 8.27. The van der Waals surface area contributed by atoms with Crippen LogP contribution in [0.3, 0.4) is 0 Å². The number of phenols is 1. The molecule has 6 heteroatoms. The van der Waals surface area contributed by atoms with Gasteiger partial charge in [0.05, 0.1) is 11.8 Å². The fourth-order valence-corrected chi connectivity index (χ4v) is 3.53. The summed E-state index contributed by atoms with van der Waals surface area (Å²) in [6.45, 7) is 5.01. The molecule has 5 nitrogen and oxygen atoms in total. The van der Waals surface area contributed by atoms with Gasteiger partial charge in [-0.05, 0) is 49.7 Å². The van der Waals surface area contributed by atoms with E-state index in [1.165, 1.54) is 12.3 Å². The Morgan fingerprint density at radius 3 is 2.81 bits per heavy atom. The first-order valence-corrected chi connectivity index (χ1v) is 8.99. The summed E-state index contributed by atoms with van der Waals surface area (Å²) in [6.07, 6.45) is 4.65. The van der Waals surface area contributed by atoms with Crippen molar-refractivity contribution in [1.82, 2.24) is 14.8 Å². The second-order valence-corrected chi connectivity index (χ2v) is 6.63. The molecule has 2 heterocycles. The summed E-state index contributed by atoms with van der Waals surface area (Å²) in [6, 6.07) is 8.46. The summed E-state index contributed by atoms with van der Waals surface area (Å²) in [7, 11) is 0. The SMILES string of the molecule is CCN1CCCC1CN(Cc1ccc(O)cc1)C(=O)c1ccncc1F. The van der Waals surface area contributed by atoms with Crippen molar-refractivity contribution in [1.29, 1.82) is 0 Å². The van der Waals surface area contributed by atoms with E-state index < -0.39 is 5.82 Å². The fourth-order valence-electron chi connectivity index (χ4n) is 3.53. The number of phenolic OH excluding ortho intramolecular Hbond substituents is 1. The third kappa shape index (κ3) is 4.19. The highest BCUT2D eigenvalue weighted by molar-refractivity contribution is 5.94. The number of likely N-dealkylation sites (N-methyl/N-ethyl adjacent to an activating group) is 1. The van der Waals surface area contributed by atoms with Gasteiger partial charge >= 0.3 is 0 Å². The zero-order valence-electron chi connectivity index (χ0n) is 14.9. The number of halogens is 1. The van der Waals surface area contributed by atoms with Gasteiger partial charge in [0.25, 0.3) is 5.91 Å². The molecule has 1 unspecified atom stereocenters. The molecule has 1 aliphatic rings. The van der Waals surface area contributed by atoms with Crippen molar-refractivity contribution < 1.29 is 14.3 Å². The second-order valence-electron chi connectivity index (χ2n) is 6.63. The third-order valence-corrected chi connectivity index (χ3v) is 4.94. The van der Waals surface area contributed by atoms with E-state index in [1.54, 1.807) is 29.2 Å². The van der Waals surface area contributed by atoms with E-state index in [0.29, 0.717) is 13.1 Å². The minimum Gasteiger partial charge on any atom is -0.508 e. The van der Waals surface area contributed by atoms with Gasteiger partial charge < -0.3 is 10.0 Å². The van der Waals surface area contributed by atoms with Gasteiger partial charge in [0, 0.05) is 25.3 Å². The molecule has 0 radical (unpaired) electrons. The van der Waals surface area contributed by atoms with Crippen LogP contribution < -0.4 is 0 Å². The first kappa shape index (κ1) is 18.3. The van der Waals surface area contributed by atoms with Gasteiger partial charge in [-0.15, -0.1) is 0 Å². The highest BCUT2D eigenvalue weighted by Crippen LogP contribution is 2.21. The molecule has 3 rings (SSSR count). The maximum atomic E-state index is 14.1. The van der Waals surface area contributed by atoms with Crippen molar-refractivity contribution in [3.05, 3.63) is 59.7 Å². The van der Waals surface area contributed by atoms with Crippen LogP contribution in [0.4, 0.5) is 4.39 Å². The van der Waals surface area contributed by atoms with Gasteiger partial charge in [0.2, 0.25) is 0 Å². The number of carbonyl (C=O) groups is 1. The molecular weight excluding hydrogens is 333 g/mol. The molecule has 0 spiro atoms. The Kier molecular flexibility index (Phi) is 5.83. The minimum absolute atomic E-state index is 0.0415. The van der Waals surface area contributed by atoms with E-state index in [-0.39, 0.29) is 23.3 Å². The highest BCUT2D eigenvalue weighted by Gasteiger charge is 2.28. The van der Waals surface area contributed by atoms with E-state index in [4.69, 9.17) is 0 Å². The number of aromatic nitrogens is 1. The first-order chi connectivity index (χ1) is 12.6. The van der Waals surface area contributed by atoms with E-state index >= 15 is 0 Å². The van der Waals surface area contributed by atoms with Crippen molar-refractivity contribution in [2.24, 2.45) is 0 Å². The zero-order valence-corrected chi connectivity index (χ0v) is 14.9.